The maximum absolute atomic E-state index is 10.6. The molecule has 6 heteroatoms. The number of rotatable bonds is 2. The van der Waals surface area contributed by atoms with E-state index in [1.807, 2.05) is 24.0 Å². The number of piperazine rings is 1. The summed E-state index contributed by atoms with van der Waals surface area (Å²) < 4.78 is 5.68. The molecule has 1 aliphatic rings. The molecule has 1 aliphatic heterocycles. The molecule has 0 radical (unpaired) electrons. The Bertz CT molecular complexity index is 572. The van der Waals surface area contributed by atoms with Crippen molar-refractivity contribution in [3.05, 3.63) is 17.8 Å². The molecule has 3 rings (SSSR count). The Labute approximate surface area is 104 Å². The first kappa shape index (κ1) is 11.0. The Hall–Kier alpha value is -2.11. The van der Waals surface area contributed by atoms with Crippen LogP contribution >= 0.6 is 0 Å². The standard InChI is InChI=1S/C12H14N4O2/c1-9-2-3-10-11(13-9)14-12(18-10)16-6-4-15(8-17)5-7-16/h2-3,8H,4-7H2,1H3. The van der Waals surface area contributed by atoms with Gasteiger partial charge in [0.1, 0.15) is 0 Å². The van der Waals surface area contributed by atoms with Crippen molar-refractivity contribution in [2.45, 2.75) is 6.92 Å². The quantitative estimate of drug-likeness (QED) is 0.734. The second kappa shape index (κ2) is 4.29. The molecule has 18 heavy (non-hydrogen) atoms. The summed E-state index contributed by atoms with van der Waals surface area (Å²) in [4.78, 5) is 23.1. The summed E-state index contributed by atoms with van der Waals surface area (Å²) in [6, 6.07) is 4.38. The Balaban J connectivity index is 1.84. The smallest absolute Gasteiger partial charge is 0.300 e. The predicted octanol–water partition coefficient (Wildman–Crippen LogP) is 0.810. The maximum Gasteiger partial charge on any atom is 0.300 e. The zero-order chi connectivity index (χ0) is 12.5. The molecule has 0 unspecified atom stereocenters. The van der Waals surface area contributed by atoms with Crippen LogP contribution in [-0.4, -0.2) is 47.5 Å². The lowest BCUT2D eigenvalue weighted by Gasteiger charge is -2.31. The zero-order valence-electron chi connectivity index (χ0n) is 10.2. The second-order valence-corrected chi connectivity index (χ2v) is 4.40. The van der Waals surface area contributed by atoms with Crippen LogP contribution in [0.2, 0.25) is 0 Å². The zero-order valence-corrected chi connectivity index (χ0v) is 10.2. The summed E-state index contributed by atoms with van der Waals surface area (Å²) in [6.45, 7) is 4.81. The largest absolute Gasteiger partial charge is 0.422 e. The maximum atomic E-state index is 10.6. The first-order chi connectivity index (χ1) is 8.76. The predicted molar refractivity (Wildman–Crippen MR) is 66.4 cm³/mol. The highest BCUT2D eigenvalue weighted by Gasteiger charge is 2.20. The number of anilines is 1. The Kier molecular flexibility index (Phi) is 2.62. The van der Waals surface area contributed by atoms with E-state index in [1.54, 1.807) is 4.90 Å². The number of nitrogens with zero attached hydrogens (tertiary/aromatic N) is 4. The van der Waals surface area contributed by atoms with Crippen molar-refractivity contribution in [2.24, 2.45) is 0 Å². The highest BCUT2D eigenvalue weighted by molar-refractivity contribution is 5.70. The van der Waals surface area contributed by atoms with E-state index in [0.29, 0.717) is 30.3 Å². The van der Waals surface area contributed by atoms with Gasteiger partial charge in [0.25, 0.3) is 6.01 Å². The Morgan fingerprint density at radius 2 is 2.00 bits per heavy atom. The van der Waals surface area contributed by atoms with E-state index in [4.69, 9.17) is 4.42 Å². The number of carbonyl (C=O) groups excluding carboxylic acids is 1. The average Bonchev–Trinajstić information content (AvgIpc) is 2.81. The van der Waals surface area contributed by atoms with Crippen molar-refractivity contribution in [2.75, 3.05) is 31.1 Å². The molecule has 0 atom stereocenters. The molecule has 0 aromatic carbocycles. The number of pyridine rings is 1. The highest BCUT2D eigenvalue weighted by Crippen LogP contribution is 2.21. The van der Waals surface area contributed by atoms with Gasteiger partial charge in [-0.1, -0.05) is 0 Å². The first-order valence-electron chi connectivity index (χ1n) is 5.95. The molecule has 0 spiro atoms. The molecule has 94 valence electrons. The number of hydrogen-bond acceptors (Lipinski definition) is 5. The van der Waals surface area contributed by atoms with Crippen LogP contribution in [0.25, 0.3) is 11.2 Å². The van der Waals surface area contributed by atoms with E-state index >= 15 is 0 Å². The van der Waals surface area contributed by atoms with Crippen molar-refractivity contribution in [1.82, 2.24) is 14.9 Å². The van der Waals surface area contributed by atoms with Crippen LogP contribution in [-0.2, 0) is 4.79 Å². The molecule has 0 N–H and O–H groups in total. The minimum absolute atomic E-state index is 0.591. The van der Waals surface area contributed by atoms with Crippen LogP contribution in [0.15, 0.2) is 16.5 Å². The van der Waals surface area contributed by atoms with E-state index in [2.05, 4.69) is 9.97 Å². The minimum Gasteiger partial charge on any atom is -0.422 e. The SMILES string of the molecule is Cc1ccc2oc(N3CCN(C=O)CC3)nc2n1. The fourth-order valence-electron chi connectivity index (χ4n) is 2.06. The number of aryl methyl sites for hydroxylation is 1. The number of aromatic nitrogens is 2. The topological polar surface area (TPSA) is 62.5 Å². The number of oxazole rings is 1. The normalized spacial score (nSPS) is 16.3. The van der Waals surface area contributed by atoms with Gasteiger partial charge in [-0.05, 0) is 19.1 Å². The fourth-order valence-corrected chi connectivity index (χ4v) is 2.06. The second-order valence-electron chi connectivity index (χ2n) is 4.40. The monoisotopic (exact) mass is 246 g/mol. The van der Waals surface area contributed by atoms with E-state index in [-0.39, 0.29) is 0 Å². The molecule has 1 amide bonds. The van der Waals surface area contributed by atoms with E-state index in [9.17, 15) is 4.79 Å². The third-order valence-electron chi connectivity index (χ3n) is 3.12. The number of fused-ring (bicyclic) bond motifs is 1. The van der Waals surface area contributed by atoms with E-state index in [0.717, 1.165) is 25.2 Å². The van der Waals surface area contributed by atoms with Crippen LogP contribution in [0.1, 0.15) is 5.69 Å². The van der Waals surface area contributed by atoms with Crippen molar-refractivity contribution >= 4 is 23.7 Å². The van der Waals surface area contributed by atoms with Crippen LogP contribution in [0.3, 0.4) is 0 Å². The molecule has 2 aromatic rings. The van der Waals surface area contributed by atoms with Gasteiger partial charge in [-0.2, -0.15) is 4.98 Å². The first-order valence-corrected chi connectivity index (χ1v) is 5.95. The summed E-state index contributed by atoms with van der Waals surface area (Å²) in [5.74, 6) is 0. The lowest BCUT2D eigenvalue weighted by Crippen LogP contribution is -2.45. The van der Waals surface area contributed by atoms with Gasteiger partial charge in [0.15, 0.2) is 5.58 Å². The van der Waals surface area contributed by atoms with Gasteiger partial charge in [0, 0.05) is 31.9 Å². The number of carbonyl (C=O) groups is 1. The average molecular weight is 246 g/mol. The van der Waals surface area contributed by atoms with Gasteiger partial charge >= 0.3 is 0 Å². The fraction of sp³-hybridized carbons (Fsp3) is 0.417. The molecule has 1 fully saturated rings. The minimum atomic E-state index is 0.591. The van der Waals surface area contributed by atoms with Gasteiger partial charge < -0.3 is 14.2 Å². The van der Waals surface area contributed by atoms with E-state index in [1.165, 1.54) is 0 Å². The third kappa shape index (κ3) is 1.90. The van der Waals surface area contributed by atoms with Crippen LogP contribution < -0.4 is 4.90 Å². The summed E-state index contributed by atoms with van der Waals surface area (Å²) in [5, 5.41) is 0. The van der Waals surface area contributed by atoms with Crippen LogP contribution in [0.4, 0.5) is 6.01 Å². The molecule has 3 heterocycles. The lowest BCUT2D eigenvalue weighted by atomic mass is 10.3. The summed E-state index contributed by atoms with van der Waals surface area (Å²) in [6.07, 6.45) is 0.883. The number of amides is 1. The van der Waals surface area contributed by atoms with Crippen molar-refractivity contribution in [3.8, 4) is 0 Å². The van der Waals surface area contributed by atoms with Gasteiger partial charge in [-0.25, -0.2) is 4.98 Å². The van der Waals surface area contributed by atoms with Crippen molar-refractivity contribution < 1.29 is 9.21 Å². The molecule has 2 aromatic heterocycles. The Morgan fingerprint density at radius 3 is 2.72 bits per heavy atom. The lowest BCUT2D eigenvalue weighted by molar-refractivity contribution is -0.118. The molecule has 6 nitrogen and oxygen atoms in total. The van der Waals surface area contributed by atoms with E-state index < -0.39 is 0 Å². The van der Waals surface area contributed by atoms with Gasteiger partial charge in [-0.15, -0.1) is 0 Å². The van der Waals surface area contributed by atoms with Gasteiger partial charge in [-0.3, -0.25) is 4.79 Å². The van der Waals surface area contributed by atoms with Crippen molar-refractivity contribution in [1.29, 1.82) is 0 Å². The summed E-state index contributed by atoms with van der Waals surface area (Å²) in [7, 11) is 0. The summed E-state index contributed by atoms with van der Waals surface area (Å²) in [5.41, 5.74) is 2.27. The summed E-state index contributed by atoms with van der Waals surface area (Å²) >= 11 is 0. The highest BCUT2D eigenvalue weighted by atomic mass is 16.4. The third-order valence-corrected chi connectivity index (χ3v) is 3.12. The van der Waals surface area contributed by atoms with Gasteiger partial charge in [0.05, 0.1) is 0 Å². The molecular weight excluding hydrogens is 232 g/mol. The molecular formula is C12H14N4O2. The van der Waals surface area contributed by atoms with Crippen molar-refractivity contribution in [3.63, 3.8) is 0 Å². The van der Waals surface area contributed by atoms with Crippen LogP contribution in [0.5, 0.6) is 0 Å². The Morgan fingerprint density at radius 1 is 1.22 bits per heavy atom. The van der Waals surface area contributed by atoms with Gasteiger partial charge in [0.2, 0.25) is 12.1 Å². The van der Waals surface area contributed by atoms with Crippen LogP contribution in [0, 0.1) is 6.92 Å². The molecule has 0 aliphatic carbocycles. The molecule has 0 bridgehead atoms. The molecule has 0 saturated carbocycles. The molecule has 1 saturated heterocycles. The number of hydrogen-bond donors (Lipinski definition) is 0.